The average Bonchev–Trinajstić information content (AvgIpc) is 2.66. The van der Waals surface area contributed by atoms with Crippen molar-refractivity contribution < 1.29 is 4.39 Å². The number of nitrogens with zero attached hydrogens (tertiary/aromatic N) is 2. The molecular weight excluding hydrogens is 293 g/mol. The lowest BCUT2D eigenvalue weighted by Gasteiger charge is -2.05. The van der Waals surface area contributed by atoms with Crippen molar-refractivity contribution in [2.24, 2.45) is 0 Å². The van der Waals surface area contributed by atoms with E-state index in [0.29, 0.717) is 6.54 Å². The summed E-state index contributed by atoms with van der Waals surface area (Å²) in [7, 11) is 0. The van der Waals surface area contributed by atoms with Gasteiger partial charge in [0.05, 0.1) is 0 Å². The van der Waals surface area contributed by atoms with Crippen molar-refractivity contribution in [3.8, 4) is 0 Å². The van der Waals surface area contributed by atoms with E-state index in [9.17, 15) is 4.39 Å². The van der Waals surface area contributed by atoms with Crippen molar-refractivity contribution in [3.05, 3.63) is 39.9 Å². The quantitative estimate of drug-likeness (QED) is 0.944. The third kappa shape index (κ3) is 2.76. The number of benzene rings is 1. The second-order valence-corrected chi connectivity index (χ2v) is 4.84. The molecule has 2 aromatic rings. The fourth-order valence-electron chi connectivity index (χ4n) is 1.22. The number of halogens is 2. The lowest BCUT2D eigenvalue weighted by atomic mass is 10.2. The summed E-state index contributed by atoms with van der Waals surface area (Å²) in [5.74, 6) is 0.499. The first-order valence-corrected chi connectivity index (χ1v) is 6.20. The maximum absolute atomic E-state index is 13.0. The Balaban J connectivity index is 2.07. The molecule has 0 radical (unpaired) electrons. The molecule has 1 aromatic heterocycles. The number of aromatic nitrogens is 2. The van der Waals surface area contributed by atoms with E-state index < -0.39 is 0 Å². The minimum absolute atomic E-state index is 0.242. The van der Waals surface area contributed by atoms with Crippen molar-refractivity contribution >= 4 is 32.6 Å². The Kier molecular flexibility index (Phi) is 3.50. The van der Waals surface area contributed by atoms with E-state index in [4.69, 9.17) is 0 Å². The standard InChI is InChI=1S/C10H9BrFN3S/c1-6-14-10(16-15-6)13-5-7-4-8(12)2-3-9(7)11/h2-4H,5H2,1H3,(H,13,14,15). The van der Waals surface area contributed by atoms with Gasteiger partial charge in [-0.15, -0.1) is 0 Å². The predicted octanol–water partition coefficient (Wildman–Crippen LogP) is 3.36. The number of anilines is 1. The molecule has 0 aliphatic heterocycles. The van der Waals surface area contributed by atoms with Gasteiger partial charge in [0.2, 0.25) is 5.13 Å². The number of hydrogen-bond donors (Lipinski definition) is 1. The molecule has 84 valence electrons. The SMILES string of the molecule is Cc1nsc(NCc2cc(F)ccc2Br)n1. The molecule has 0 atom stereocenters. The Morgan fingerprint density at radius 2 is 2.31 bits per heavy atom. The maximum Gasteiger partial charge on any atom is 0.202 e. The summed E-state index contributed by atoms with van der Waals surface area (Å²) in [6.07, 6.45) is 0. The van der Waals surface area contributed by atoms with Crippen molar-refractivity contribution in [1.29, 1.82) is 0 Å². The van der Waals surface area contributed by atoms with Gasteiger partial charge in [-0.2, -0.15) is 4.37 Å². The molecule has 1 heterocycles. The Morgan fingerprint density at radius 1 is 1.50 bits per heavy atom. The minimum atomic E-state index is -0.242. The van der Waals surface area contributed by atoms with Gasteiger partial charge in [0, 0.05) is 22.5 Å². The third-order valence-electron chi connectivity index (χ3n) is 1.97. The number of hydrogen-bond acceptors (Lipinski definition) is 4. The first kappa shape index (κ1) is 11.5. The summed E-state index contributed by atoms with van der Waals surface area (Å²) in [4.78, 5) is 4.17. The summed E-state index contributed by atoms with van der Waals surface area (Å²) in [5, 5.41) is 3.84. The molecule has 0 saturated carbocycles. The summed E-state index contributed by atoms with van der Waals surface area (Å²) in [6.45, 7) is 2.35. The molecule has 3 nitrogen and oxygen atoms in total. The second kappa shape index (κ2) is 4.88. The normalized spacial score (nSPS) is 10.4. The van der Waals surface area contributed by atoms with Crippen LogP contribution < -0.4 is 5.32 Å². The highest BCUT2D eigenvalue weighted by molar-refractivity contribution is 9.10. The Hall–Kier alpha value is -1.01. The molecule has 1 aromatic carbocycles. The van der Waals surface area contributed by atoms with E-state index in [0.717, 1.165) is 21.0 Å². The van der Waals surface area contributed by atoms with Crippen molar-refractivity contribution in [1.82, 2.24) is 9.36 Å². The van der Waals surface area contributed by atoms with Crippen LogP contribution in [0.15, 0.2) is 22.7 Å². The van der Waals surface area contributed by atoms with Crippen LogP contribution in [0.2, 0.25) is 0 Å². The first-order chi connectivity index (χ1) is 7.65. The van der Waals surface area contributed by atoms with Gasteiger partial charge in [0.25, 0.3) is 0 Å². The number of rotatable bonds is 3. The lowest BCUT2D eigenvalue weighted by Crippen LogP contribution is -2.00. The van der Waals surface area contributed by atoms with Gasteiger partial charge in [-0.05, 0) is 30.7 Å². The first-order valence-electron chi connectivity index (χ1n) is 4.63. The highest BCUT2D eigenvalue weighted by Gasteiger charge is 2.03. The number of aryl methyl sites for hydroxylation is 1. The molecule has 0 aliphatic rings. The van der Waals surface area contributed by atoms with Crippen LogP contribution in [-0.4, -0.2) is 9.36 Å². The molecule has 16 heavy (non-hydrogen) atoms. The van der Waals surface area contributed by atoms with Crippen molar-refractivity contribution in [3.63, 3.8) is 0 Å². The van der Waals surface area contributed by atoms with Gasteiger partial charge in [-0.3, -0.25) is 0 Å². The van der Waals surface area contributed by atoms with Crippen LogP contribution in [0.25, 0.3) is 0 Å². The van der Waals surface area contributed by atoms with E-state index in [1.807, 2.05) is 6.92 Å². The zero-order chi connectivity index (χ0) is 11.5. The van der Waals surface area contributed by atoms with Crippen LogP contribution >= 0.6 is 27.5 Å². The summed E-state index contributed by atoms with van der Waals surface area (Å²) >= 11 is 4.67. The topological polar surface area (TPSA) is 37.8 Å². The van der Waals surface area contributed by atoms with Gasteiger partial charge in [-0.1, -0.05) is 15.9 Å². The van der Waals surface area contributed by atoms with Crippen LogP contribution in [0.3, 0.4) is 0 Å². The third-order valence-corrected chi connectivity index (χ3v) is 3.50. The molecule has 1 N–H and O–H groups in total. The van der Waals surface area contributed by atoms with Gasteiger partial charge < -0.3 is 5.32 Å². The monoisotopic (exact) mass is 301 g/mol. The summed E-state index contributed by atoms with van der Waals surface area (Å²) < 4.78 is 17.9. The molecule has 0 saturated heterocycles. The summed E-state index contributed by atoms with van der Waals surface area (Å²) in [5.41, 5.74) is 0.854. The van der Waals surface area contributed by atoms with Gasteiger partial charge in [0.1, 0.15) is 11.6 Å². The van der Waals surface area contributed by atoms with Crippen molar-refractivity contribution in [2.45, 2.75) is 13.5 Å². The van der Waals surface area contributed by atoms with E-state index in [1.165, 1.54) is 23.7 Å². The van der Waals surface area contributed by atoms with E-state index >= 15 is 0 Å². The van der Waals surface area contributed by atoms with Gasteiger partial charge >= 0.3 is 0 Å². The molecule has 0 bridgehead atoms. The number of nitrogens with one attached hydrogen (secondary N) is 1. The largest absolute Gasteiger partial charge is 0.356 e. The maximum atomic E-state index is 13.0. The van der Waals surface area contributed by atoms with Crippen LogP contribution in [-0.2, 0) is 6.54 Å². The molecule has 6 heteroatoms. The Morgan fingerprint density at radius 3 is 3.00 bits per heavy atom. The van der Waals surface area contributed by atoms with Crippen molar-refractivity contribution in [2.75, 3.05) is 5.32 Å². The van der Waals surface area contributed by atoms with E-state index in [-0.39, 0.29) is 5.82 Å². The molecule has 2 rings (SSSR count). The van der Waals surface area contributed by atoms with Gasteiger partial charge in [0.15, 0.2) is 0 Å². The Labute approximate surface area is 105 Å². The highest BCUT2D eigenvalue weighted by atomic mass is 79.9. The molecule has 0 aliphatic carbocycles. The highest BCUT2D eigenvalue weighted by Crippen LogP contribution is 2.19. The molecule has 0 fully saturated rings. The molecule has 0 spiro atoms. The average molecular weight is 302 g/mol. The van der Waals surface area contributed by atoms with E-state index in [1.54, 1.807) is 6.07 Å². The fraction of sp³-hybridized carbons (Fsp3) is 0.200. The zero-order valence-electron chi connectivity index (χ0n) is 8.50. The summed E-state index contributed by atoms with van der Waals surface area (Å²) in [6, 6.07) is 4.60. The Bertz CT molecular complexity index is 501. The van der Waals surface area contributed by atoms with Crippen LogP contribution in [0.1, 0.15) is 11.4 Å². The lowest BCUT2D eigenvalue weighted by molar-refractivity contribution is 0.625. The second-order valence-electron chi connectivity index (χ2n) is 3.24. The fourth-order valence-corrected chi connectivity index (χ4v) is 2.17. The zero-order valence-corrected chi connectivity index (χ0v) is 10.9. The predicted molar refractivity (Wildman–Crippen MR) is 66.1 cm³/mol. The minimum Gasteiger partial charge on any atom is -0.356 e. The molecular formula is C10H9BrFN3S. The van der Waals surface area contributed by atoms with Crippen LogP contribution in [0.4, 0.5) is 9.52 Å². The van der Waals surface area contributed by atoms with Crippen LogP contribution in [0, 0.1) is 12.7 Å². The molecule has 0 unspecified atom stereocenters. The molecule has 0 amide bonds. The van der Waals surface area contributed by atoms with Gasteiger partial charge in [-0.25, -0.2) is 9.37 Å². The van der Waals surface area contributed by atoms with E-state index in [2.05, 4.69) is 30.6 Å². The van der Waals surface area contributed by atoms with Crippen LogP contribution in [0.5, 0.6) is 0 Å². The smallest absolute Gasteiger partial charge is 0.202 e.